The van der Waals surface area contributed by atoms with Crippen LogP contribution >= 0.6 is 11.8 Å². The molecule has 0 fully saturated rings. The smallest absolute Gasteiger partial charge is 0.190 e. The molecule has 6 heteroatoms. The lowest BCUT2D eigenvalue weighted by Gasteiger charge is -2.13. The van der Waals surface area contributed by atoms with Gasteiger partial charge in [0.2, 0.25) is 0 Å². The van der Waals surface area contributed by atoms with E-state index in [4.69, 9.17) is 0 Å². The van der Waals surface area contributed by atoms with E-state index in [2.05, 4.69) is 51.2 Å². The molecule has 2 aromatic heterocycles. The van der Waals surface area contributed by atoms with Crippen molar-refractivity contribution in [1.82, 2.24) is 19.3 Å². The summed E-state index contributed by atoms with van der Waals surface area (Å²) in [5, 5.41) is 21.7. The van der Waals surface area contributed by atoms with E-state index in [0.29, 0.717) is 12.3 Å². The van der Waals surface area contributed by atoms with E-state index in [9.17, 15) is 5.11 Å². The van der Waals surface area contributed by atoms with E-state index in [1.807, 2.05) is 23.7 Å². The van der Waals surface area contributed by atoms with Gasteiger partial charge in [0, 0.05) is 34.6 Å². The van der Waals surface area contributed by atoms with Crippen LogP contribution in [0.3, 0.4) is 0 Å². The van der Waals surface area contributed by atoms with Gasteiger partial charge in [-0.1, -0.05) is 48.2 Å². The molecule has 0 aliphatic heterocycles. The van der Waals surface area contributed by atoms with Crippen LogP contribution in [-0.4, -0.2) is 36.3 Å². The van der Waals surface area contributed by atoms with Crippen molar-refractivity contribution >= 4 is 33.6 Å². The number of aromatic nitrogens is 4. The fourth-order valence-electron chi connectivity index (χ4n) is 3.04. The number of aliphatic hydroxyl groups is 1. The number of hydrogen-bond acceptors (Lipinski definition) is 4. The third-order valence-electron chi connectivity index (χ3n) is 4.15. The van der Waals surface area contributed by atoms with Crippen molar-refractivity contribution in [3.63, 3.8) is 0 Å². The number of nitrogens with zero attached hydrogens (tertiary/aromatic N) is 4. The first kappa shape index (κ1) is 15.2. The minimum absolute atomic E-state index is 0.467. The monoisotopic (exact) mass is 338 g/mol. The number of aryl methyl sites for hydroxylation is 1. The van der Waals surface area contributed by atoms with Gasteiger partial charge in [0.1, 0.15) is 6.33 Å². The standard InChI is InChI=1S/C18H18N4OS/c1-21-12-19-20-18(21)24-11-13(23)10-22-16-8-4-2-6-14(16)15-7-3-5-9-17(15)22/h2-9,12-13,23H,10-11H2,1H3/t13-/m0/s1. The van der Waals surface area contributed by atoms with Crippen LogP contribution in [0.1, 0.15) is 0 Å². The summed E-state index contributed by atoms with van der Waals surface area (Å²) in [6, 6.07) is 16.7. The average Bonchev–Trinajstić information content (AvgIpc) is 3.16. The first-order valence-corrected chi connectivity index (χ1v) is 8.83. The lowest BCUT2D eigenvalue weighted by molar-refractivity contribution is 0.181. The highest BCUT2D eigenvalue weighted by Crippen LogP contribution is 2.29. The third-order valence-corrected chi connectivity index (χ3v) is 5.33. The van der Waals surface area contributed by atoms with Crippen LogP contribution in [0.25, 0.3) is 21.8 Å². The predicted octanol–water partition coefficient (Wildman–Crippen LogP) is 3.08. The van der Waals surface area contributed by atoms with Crippen LogP contribution in [0, 0.1) is 0 Å². The Kier molecular flexibility index (Phi) is 4.00. The lowest BCUT2D eigenvalue weighted by atomic mass is 10.2. The Morgan fingerprint density at radius 1 is 1.04 bits per heavy atom. The minimum atomic E-state index is -0.467. The van der Waals surface area contributed by atoms with Gasteiger partial charge in [-0.15, -0.1) is 10.2 Å². The Balaban J connectivity index is 1.62. The van der Waals surface area contributed by atoms with Crippen LogP contribution < -0.4 is 0 Å². The molecule has 0 bridgehead atoms. The molecule has 1 atom stereocenters. The van der Waals surface area contributed by atoms with Gasteiger partial charge in [0.25, 0.3) is 0 Å². The van der Waals surface area contributed by atoms with Gasteiger partial charge in [-0.25, -0.2) is 0 Å². The third kappa shape index (κ3) is 2.68. The number of rotatable bonds is 5. The Morgan fingerprint density at radius 2 is 1.67 bits per heavy atom. The number of hydrogen-bond donors (Lipinski definition) is 1. The van der Waals surface area contributed by atoms with Crippen LogP contribution in [0.4, 0.5) is 0 Å². The maximum absolute atomic E-state index is 10.5. The quantitative estimate of drug-likeness (QED) is 0.568. The maximum Gasteiger partial charge on any atom is 0.190 e. The van der Waals surface area contributed by atoms with Crippen LogP contribution in [0.5, 0.6) is 0 Å². The molecule has 0 radical (unpaired) electrons. The van der Waals surface area contributed by atoms with Crippen molar-refractivity contribution in [2.75, 3.05) is 5.75 Å². The number of benzene rings is 2. The molecule has 2 aromatic carbocycles. The van der Waals surface area contributed by atoms with Gasteiger partial charge in [0.05, 0.1) is 12.6 Å². The molecular weight excluding hydrogens is 320 g/mol. The van der Waals surface area contributed by atoms with Crippen LogP contribution in [0.2, 0.25) is 0 Å². The van der Waals surface area contributed by atoms with Crippen molar-refractivity contribution in [3.05, 3.63) is 54.9 Å². The van der Waals surface area contributed by atoms with Crippen LogP contribution in [0.15, 0.2) is 60.0 Å². The summed E-state index contributed by atoms with van der Waals surface area (Å²) in [5.74, 6) is 0.577. The van der Waals surface area contributed by atoms with Gasteiger partial charge < -0.3 is 14.2 Å². The highest BCUT2D eigenvalue weighted by Gasteiger charge is 2.14. The van der Waals surface area contributed by atoms with E-state index >= 15 is 0 Å². The van der Waals surface area contributed by atoms with Crippen molar-refractivity contribution in [3.8, 4) is 0 Å². The summed E-state index contributed by atoms with van der Waals surface area (Å²) in [4.78, 5) is 0. The molecule has 4 aromatic rings. The minimum Gasteiger partial charge on any atom is -0.390 e. The van der Waals surface area contributed by atoms with Crippen molar-refractivity contribution < 1.29 is 5.11 Å². The summed E-state index contributed by atoms with van der Waals surface area (Å²) >= 11 is 1.52. The molecule has 0 aliphatic carbocycles. The van der Waals surface area contributed by atoms with Gasteiger partial charge in [0.15, 0.2) is 5.16 Å². The molecule has 0 spiro atoms. The van der Waals surface area contributed by atoms with E-state index in [-0.39, 0.29) is 0 Å². The summed E-state index contributed by atoms with van der Waals surface area (Å²) in [5.41, 5.74) is 2.31. The van der Waals surface area contributed by atoms with E-state index < -0.39 is 6.10 Å². The van der Waals surface area contributed by atoms with Crippen molar-refractivity contribution in [2.24, 2.45) is 7.05 Å². The Hall–Kier alpha value is -2.31. The molecule has 0 saturated carbocycles. The number of fused-ring (bicyclic) bond motifs is 3. The number of para-hydroxylation sites is 2. The first-order chi connectivity index (χ1) is 11.7. The van der Waals surface area contributed by atoms with E-state index in [1.165, 1.54) is 22.5 Å². The molecule has 24 heavy (non-hydrogen) atoms. The Labute approximate surface area is 143 Å². The zero-order valence-corrected chi connectivity index (χ0v) is 14.1. The molecule has 4 rings (SSSR count). The highest BCUT2D eigenvalue weighted by molar-refractivity contribution is 7.99. The molecular formula is C18H18N4OS. The number of aliphatic hydroxyl groups excluding tert-OH is 1. The second-order valence-electron chi connectivity index (χ2n) is 5.83. The SMILES string of the molecule is Cn1cnnc1SC[C@@H](O)Cn1c2ccccc2c2ccccc21. The van der Waals surface area contributed by atoms with E-state index in [1.54, 1.807) is 6.33 Å². The topological polar surface area (TPSA) is 55.9 Å². The van der Waals surface area contributed by atoms with Crippen molar-refractivity contribution in [2.45, 2.75) is 17.8 Å². The predicted molar refractivity (Wildman–Crippen MR) is 97.2 cm³/mol. The van der Waals surface area contributed by atoms with Gasteiger partial charge in [-0.3, -0.25) is 0 Å². The summed E-state index contributed by atoms with van der Waals surface area (Å²) in [6.07, 6.45) is 1.20. The van der Waals surface area contributed by atoms with E-state index in [0.717, 1.165) is 16.2 Å². The molecule has 122 valence electrons. The summed E-state index contributed by atoms with van der Waals surface area (Å²) in [7, 11) is 1.90. The van der Waals surface area contributed by atoms with Gasteiger partial charge in [-0.2, -0.15) is 0 Å². The second kappa shape index (κ2) is 6.30. The fraction of sp³-hybridized carbons (Fsp3) is 0.222. The number of thioether (sulfide) groups is 1. The summed E-state index contributed by atoms with van der Waals surface area (Å²) in [6.45, 7) is 0.554. The molecule has 5 nitrogen and oxygen atoms in total. The Bertz CT molecular complexity index is 938. The zero-order valence-electron chi connectivity index (χ0n) is 13.3. The zero-order chi connectivity index (χ0) is 16.5. The summed E-state index contributed by atoms with van der Waals surface area (Å²) < 4.78 is 4.06. The van der Waals surface area contributed by atoms with Gasteiger partial charge >= 0.3 is 0 Å². The normalized spacial score (nSPS) is 12.9. The first-order valence-electron chi connectivity index (χ1n) is 7.85. The lowest BCUT2D eigenvalue weighted by Crippen LogP contribution is -2.18. The Morgan fingerprint density at radius 3 is 2.25 bits per heavy atom. The molecule has 0 saturated heterocycles. The second-order valence-corrected chi connectivity index (χ2v) is 6.82. The molecule has 2 heterocycles. The average molecular weight is 338 g/mol. The molecule has 0 amide bonds. The van der Waals surface area contributed by atoms with Crippen molar-refractivity contribution in [1.29, 1.82) is 0 Å². The van der Waals surface area contributed by atoms with Crippen LogP contribution in [-0.2, 0) is 13.6 Å². The highest BCUT2D eigenvalue weighted by atomic mass is 32.2. The largest absolute Gasteiger partial charge is 0.390 e. The fourth-order valence-corrected chi connectivity index (χ4v) is 3.84. The molecule has 0 unspecified atom stereocenters. The molecule has 1 N–H and O–H groups in total. The maximum atomic E-state index is 10.5. The van der Waals surface area contributed by atoms with Gasteiger partial charge in [-0.05, 0) is 12.1 Å². The molecule has 0 aliphatic rings.